The molecule has 0 saturated heterocycles. The number of rotatable bonds is 8. The molecule has 2 heterocycles. The summed E-state index contributed by atoms with van der Waals surface area (Å²) in [5, 5.41) is 10.7. The van der Waals surface area contributed by atoms with E-state index in [-0.39, 0.29) is 12.7 Å². The van der Waals surface area contributed by atoms with Gasteiger partial charge in [0, 0.05) is 21.4 Å². The summed E-state index contributed by atoms with van der Waals surface area (Å²) in [5.41, 5.74) is 5.31. The summed E-state index contributed by atoms with van der Waals surface area (Å²) >= 11 is 3.52. The molecule has 1 aliphatic rings. The van der Waals surface area contributed by atoms with Crippen LogP contribution in [0.1, 0.15) is 5.56 Å². The van der Waals surface area contributed by atoms with E-state index in [1.165, 1.54) is 0 Å². The Morgan fingerprint density at radius 1 is 0.857 bits per heavy atom. The van der Waals surface area contributed by atoms with Crippen molar-refractivity contribution in [2.24, 2.45) is 5.10 Å². The normalized spacial score (nSPS) is 11.9. The van der Waals surface area contributed by atoms with Crippen molar-refractivity contribution in [2.45, 2.75) is 0 Å². The molecule has 0 fully saturated rings. The fourth-order valence-corrected chi connectivity index (χ4v) is 3.61. The summed E-state index contributed by atoms with van der Waals surface area (Å²) < 4.78 is 16.9. The monoisotopic (exact) mass is 533 g/mol. The van der Waals surface area contributed by atoms with Crippen molar-refractivity contribution >= 4 is 51.4 Å². The van der Waals surface area contributed by atoms with E-state index in [1.807, 2.05) is 66.7 Å². The van der Waals surface area contributed by atoms with E-state index in [2.05, 4.69) is 52.0 Å². The average Bonchev–Trinajstić information content (AvgIpc) is 3.32. The van der Waals surface area contributed by atoms with Crippen LogP contribution in [0.25, 0.3) is 0 Å². The van der Waals surface area contributed by atoms with Crippen molar-refractivity contribution in [3.05, 3.63) is 76.8 Å². The first-order valence-corrected chi connectivity index (χ1v) is 11.3. The van der Waals surface area contributed by atoms with Crippen LogP contribution in [0.15, 0.2) is 76.3 Å². The smallest absolute Gasteiger partial charge is 0.250 e. The number of para-hydroxylation sites is 1. The number of fused-ring (bicyclic) bond motifs is 1. The first-order valence-electron chi connectivity index (χ1n) is 10.5. The van der Waals surface area contributed by atoms with Crippen LogP contribution < -0.4 is 30.3 Å². The zero-order valence-electron chi connectivity index (χ0n) is 18.5. The van der Waals surface area contributed by atoms with Gasteiger partial charge in [0.1, 0.15) is 5.75 Å². The number of aromatic nitrogens is 3. The second-order valence-electron chi connectivity index (χ2n) is 7.25. The van der Waals surface area contributed by atoms with Crippen molar-refractivity contribution in [3.63, 3.8) is 0 Å². The minimum Gasteiger partial charge on any atom is -0.497 e. The third-order valence-corrected chi connectivity index (χ3v) is 5.56. The third-order valence-electron chi connectivity index (χ3n) is 4.87. The van der Waals surface area contributed by atoms with E-state index in [4.69, 9.17) is 14.2 Å². The second-order valence-corrected chi connectivity index (χ2v) is 8.10. The molecule has 3 N–H and O–H groups in total. The van der Waals surface area contributed by atoms with Gasteiger partial charge in [-0.2, -0.15) is 20.1 Å². The lowest BCUT2D eigenvalue weighted by Crippen LogP contribution is -2.07. The number of methoxy groups -OCH3 is 1. The number of benzene rings is 3. The molecule has 4 aromatic rings. The highest BCUT2D eigenvalue weighted by Gasteiger charge is 2.15. The molecule has 1 aliphatic heterocycles. The molecule has 3 aromatic carbocycles. The number of anilines is 5. The number of halogens is 1. The summed E-state index contributed by atoms with van der Waals surface area (Å²) in [4.78, 5) is 13.4. The van der Waals surface area contributed by atoms with Gasteiger partial charge in [-0.3, -0.25) is 0 Å². The number of nitrogens with zero attached hydrogens (tertiary/aromatic N) is 4. The Labute approximate surface area is 209 Å². The summed E-state index contributed by atoms with van der Waals surface area (Å²) in [6.45, 7) is 0.201. The lowest BCUT2D eigenvalue weighted by Gasteiger charge is -2.10. The van der Waals surface area contributed by atoms with Crippen molar-refractivity contribution in [2.75, 3.05) is 30.0 Å². The van der Waals surface area contributed by atoms with Gasteiger partial charge in [0.15, 0.2) is 11.5 Å². The molecule has 11 heteroatoms. The number of ether oxygens (including phenoxy) is 3. The molecule has 5 rings (SSSR count). The second kappa shape index (κ2) is 10.3. The van der Waals surface area contributed by atoms with Crippen LogP contribution in [0.4, 0.5) is 29.2 Å². The highest BCUT2D eigenvalue weighted by molar-refractivity contribution is 9.10. The minimum atomic E-state index is 0.201. The van der Waals surface area contributed by atoms with E-state index in [1.54, 1.807) is 13.3 Å². The number of hydrogen-bond acceptors (Lipinski definition) is 10. The van der Waals surface area contributed by atoms with Crippen LogP contribution in [0.3, 0.4) is 0 Å². The Bertz CT molecular complexity index is 1350. The first kappa shape index (κ1) is 22.4. The molecule has 0 atom stereocenters. The molecule has 0 aliphatic carbocycles. The quantitative estimate of drug-likeness (QED) is 0.205. The van der Waals surface area contributed by atoms with Crippen LogP contribution in [-0.2, 0) is 0 Å². The molecule has 0 amide bonds. The summed E-state index contributed by atoms with van der Waals surface area (Å²) in [7, 11) is 1.62. The predicted molar refractivity (Wildman–Crippen MR) is 137 cm³/mol. The minimum absolute atomic E-state index is 0.201. The van der Waals surface area contributed by atoms with Crippen molar-refractivity contribution in [1.82, 2.24) is 15.0 Å². The van der Waals surface area contributed by atoms with Crippen LogP contribution in [0.2, 0.25) is 0 Å². The van der Waals surface area contributed by atoms with E-state index >= 15 is 0 Å². The molecule has 0 spiro atoms. The van der Waals surface area contributed by atoms with Gasteiger partial charge in [-0.1, -0.05) is 18.2 Å². The molecule has 0 saturated carbocycles. The van der Waals surface area contributed by atoms with Gasteiger partial charge in [0.25, 0.3) is 0 Å². The van der Waals surface area contributed by atoms with E-state index in [9.17, 15) is 0 Å². The van der Waals surface area contributed by atoms with Gasteiger partial charge in [-0.15, -0.1) is 0 Å². The molecule has 10 nitrogen and oxygen atoms in total. The van der Waals surface area contributed by atoms with Crippen LogP contribution in [0.5, 0.6) is 17.2 Å². The maximum atomic E-state index is 5.44. The lowest BCUT2D eigenvalue weighted by molar-refractivity contribution is 0.174. The van der Waals surface area contributed by atoms with Crippen molar-refractivity contribution in [3.8, 4) is 17.2 Å². The van der Waals surface area contributed by atoms with Gasteiger partial charge in [0.2, 0.25) is 24.6 Å². The highest BCUT2D eigenvalue weighted by Crippen LogP contribution is 2.36. The van der Waals surface area contributed by atoms with Gasteiger partial charge < -0.3 is 24.8 Å². The van der Waals surface area contributed by atoms with Crippen molar-refractivity contribution < 1.29 is 14.2 Å². The molecule has 176 valence electrons. The summed E-state index contributed by atoms with van der Waals surface area (Å²) in [5.74, 6) is 3.04. The Kier molecular flexibility index (Phi) is 6.57. The van der Waals surface area contributed by atoms with Gasteiger partial charge in [-0.25, -0.2) is 5.43 Å². The highest BCUT2D eigenvalue weighted by atomic mass is 79.9. The molecular weight excluding hydrogens is 514 g/mol. The van der Waals surface area contributed by atoms with E-state index < -0.39 is 0 Å². The van der Waals surface area contributed by atoms with Gasteiger partial charge >= 0.3 is 0 Å². The maximum absolute atomic E-state index is 5.44. The Balaban J connectivity index is 1.38. The fraction of sp³-hybridized carbons (Fsp3) is 0.0833. The third kappa shape index (κ3) is 5.58. The van der Waals surface area contributed by atoms with E-state index in [0.717, 1.165) is 27.2 Å². The first-order chi connectivity index (χ1) is 17.2. The van der Waals surface area contributed by atoms with Gasteiger partial charge in [-0.05, 0) is 64.5 Å². The fourth-order valence-electron chi connectivity index (χ4n) is 3.18. The Hall–Kier alpha value is -4.38. The summed E-state index contributed by atoms with van der Waals surface area (Å²) in [6, 6.07) is 20.7. The number of hydrogen-bond donors (Lipinski definition) is 3. The lowest BCUT2D eigenvalue weighted by atomic mass is 10.2. The average molecular weight is 534 g/mol. The number of nitrogens with one attached hydrogen (secondary N) is 3. The zero-order valence-corrected chi connectivity index (χ0v) is 20.1. The SMILES string of the molecule is COc1ccc(Nc2nc(NN=Cc3cc4c(cc3Br)OCO4)nc(Nc3ccccc3)n2)cc1. The maximum Gasteiger partial charge on any atom is 0.250 e. The van der Waals surface area contributed by atoms with E-state index in [0.29, 0.717) is 23.4 Å². The zero-order chi connectivity index (χ0) is 24.0. The van der Waals surface area contributed by atoms with Crippen LogP contribution >= 0.6 is 15.9 Å². The molecule has 0 radical (unpaired) electrons. The molecule has 0 unspecified atom stereocenters. The molecule has 1 aromatic heterocycles. The van der Waals surface area contributed by atoms with Crippen LogP contribution in [-0.4, -0.2) is 35.1 Å². The molecular formula is C24H20BrN7O3. The van der Waals surface area contributed by atoms with Gasteiger partial charge in [0.05, 0.1) is 13.3 Å². The largest absolute Gasteiger partial charge is 0.497 e. The summed E-state index contributed by atoms with van der Waals surface area (Å²) in [6.07, 6.45) is 1.64. The standard InChI is InChI=1S/C24H20BrN7O3/c1-33-18-9-7-17(8-10-18)28-23-29-22(27-16-5-3-2-4-6-16)30-24(31-23)32-26-13-15-11-20-21(12-19(15)25)35-14-34-20/h2-13H,14H2,1H3,(H3,27,28,29,30,31,32). The predicted octanol–water partition coefficient (Wildman–Crippen LogP) is 5.30. The molecule has 35 heavy (non-hydrogen) atoms. The molecule has 0 bridgehead atoms. The Morgan fingerprint density at radius 2 is 1.49 bits per heavy atom. The topological polar surface area (TPSA) is 115 Å². The van der Waals surface area contributed by atoms with Crippen molar-refractivity contribution in [1.29, 1.82) is 0 Å². The number of hydrazone groups is 1. The Morgan fingerprint density at radius 3 is 2.17 bits per heavy atom. The van der Waals surface area contributed by atoms with Crippen LogP contribution in [0, 0.1) is 0 Å².